The molecular weight excluding hydrogens is 230 g/mol. The normalized spacial score (nSPS) is 13.0. The highest BCUT2D eigenvalue weighted by Gasteiger charge is 2.16. The SMILES string of the molecule is CC(CSc1n[nH]c(=O)n1C(C)C)C(=O)O. The van der Waals surface area contributed by atoms with Crippen molar-refractivity contribution in [1.29, 1.82) is 0 Å². The average molecular weight is 245 g/mol. The molecule has 1 rings (SSSR count). The van der Waals surface area contributed by atoms with Crippen molar-refractivity contribution >= 4 is 17.7 Å². The zero-order chi connectivity index (χ0) is 12.3. The second kappa shape index (κ2) is 5.20. The summed E-state index contributed by atoms with van der Waals surface area (Å²) in [5.74, 6) is -0.911. The Labute approximate surface area is 97.1 Å². The molecule has 1 heterocycles. The monoisotopic (exact) mass is 245 g/mol. The number of rotatable bonds is 5. The van der Waals surface area contributed by atoms with Crippen molar-refractivity contribution in [3.05, 3.63) is 10.5 Å². The van der Waals surface area contributed by atoms with Gasteiger partial charge < -0.3 is 5.11 Å². The minimum atomic E-state index is -0.846. The van der Waals surface area contributed by atoms with E-state index in [4.69, 9.17) is 5.11 Å². The molecule has 1 unspecified atom stereocenters. The van der Waals surface area contributed by atoms with Crippen LogP contribution in [-0.4, -0.2) is 31.6 Å². The van der Waals surface area contributed by atoms with Gasteiger partial charge >= 0.3 is 11.7 Å². The Balaban J connectivity index is 2.75. The zero-order valence-corrected chi connectivity index (χ0v) is 10.2. The van der Waals surface area contributed by atoms with E-state index in [1.807, 2.05) is 13.8 Å². The summed E-state index contributed by atoms with van der Waals surface area (Å²) in [6.07, 6.45) is 0. The smallest absolute Gasteiger partial charge is 0.344 e. The van der Waals surface area contributed by atoms with E-state index in [0.717, 1.165) is 0 Å². The Kier molecular flexibility index (Phi) is 4.17. The molecule has 16 heavy (non-hydrogen) atoms. The van der Waals surface area contributed by atoms with Crippen molar-refractivity contribution in [3.63, 3.8) is 0 Å². The third-order valence-electron chi connectivity index (χ3n) is 2.07. The molecule has 1 aromatic heterocycles. The number of aliphatic carboxylic acids is 1. The lowest BCUT2D eigenvalue weighted by Gasteiger charge is -2.09. The maximum atomic E-state index is 11.4. The molecule has 0 saturated carbocycles. The number of carboxylic acids is 1. The molecule has 0 fully saturated rings. The Bertz CT molecular complexity index is 424. The molecule has 1 atom stereocenters. The first-order chi connectivity index (χ1) is 7.43. The maximum Gasteiger partial charge on any atom is 0.344 e. The molecule has 0 amide bonds. The highest BCUT2D eigenvalue weighted by Crippen LogP contribution is 2.19. The summed E-state index contributed by atoms with van der Waals surface area (Å²) in [5, 5.41) is 15.5. The molecule has 0 spiro atoms. The van der Waals surface area contributed by atoms with Crippen LogP contribution in [0.25, 0.3) is 0 Å². The summed E-state index contributed by atoms with van der Waals surface area (Å²) in [5.41, 5.74) is -0.263. The molecule has 0 radical (unpaired) electrons. The number of thioether (sulfide) groups is 1. The molecule has 0 aliphatic rings. The first kappa shape index (κ1) is 12.8. The number of carbonyl (C=O) groups is 1. The Morgan fingerprint density at radius 3 is 2.69 bits per heavy atom. The van der Waals surface area contributed by atoms with Crippen LogP contribution in [0.1, 0.15) is 26.8 Å². The molecule has 1 aromatic rings. The van der Waals surface area contributed by atoms with E-state index in [1.54, 1.807) is 6.92 Å². The van der Waals surface area contributed by atoms with Gasteiger partial charge in [0, 0.05) is 11.8 Å². The van der Waals surface area contributed by atoms with Gasteiger partial charge in [0.1, 0.15) is 0 Å². The summed E-state index contributed by atoms with van der Waals surface area (Å²) in [7, 11) is 0. The molecule has 0 aromatic carbocycles. The maximum absolute atomic E-state index is 11.4. The van der Waals surface area contributed by atoms with E-state index >= 15 is 0 Å². The number of hydrogen-bond acceptors (Lipinski definition) is 4. The highest BCUT2D eigenvalue weighted by molar-refractivity contribution is 7.99. The lowest BCUT2D eigenvalue weighted by Crippen LogP contribution is -2.20. The standard InChI is InChI=1S/C9H15N3O3S/c1-5(2)12-8(15)10-11-9(12)16-4-6(3)7(13)14/h5-6H,4H2,1-3H3,(H,10,15)(H,13,14). The fourth-order valence-electron chi connectivity index (χ4n) is 1.12. The number of aromatic amines is 1. The number of aromatic nitrogens is 3. The summed E-state index contributed by atoms with van der Waals surface area (Å²) in [6, 6.07) is 0.00823. The predicted molar refractivity (Wildman–Crippen MR) is 60.8 cm³/mol. The fraction of sp³-hybridized carbons (Fsp3) is 0.667. The van der Waals surface area contributed by atoms with Crippen LogP contribution in [0, 0.1) is 5.92 Å². The summed E-state index contributed by atoms with van der Waals surface area (Å²) in [4.78, 5) is 22.0. The lowest BCUT2D eigenvalue weighted by atomic mass is 10.2. The molecule has 90 valence electrons. The van der Waals surface area contributed by atoms with Gasteiger partial charge in [-0.05, 0) is 13.8 Å². The van der Waals surface area contributed by atoms with Gasteiger partial charge in [0.15, 0.2) is 5.16 Å². The summed E-state index contributed by atoms with van der Waals surface area (Å²) in [6.45, 7) is 5.38. The zero-order valence-electron chi connectivity index (χ0n) is 9.43. The fourth-order valence-corrected chi connectivity index (χ4v) is 2.20. The van der Waals surface area contributed by atoms with Gasteiger partial charge in [-0.15, -0.1) is 5.10 Å². The average Bonchev–Trinajstić information content (AvgIpc) is 2.55. The number of nitrogens with one attached hydrogen (secondary N) is 1. The van der Waals surface area contributed by atoms with Crippen LogP contribution in [0.2, 0.25) is 0 Å². The first-order valence-corrected chi connectivity index (χ1v) is 5.94. The van der Waals surface area contributed by atoms with Gasteiger partial charge in [0.05, 0.1) is 5.92 Å². The number of nitrogens with zero attached hydrogens (tertiary/aromatic N) is 2. The third-order valence-corrected chi connectivity index (χ3v) is 3.29. The van der Waals surface area contributed by atoms with Gasteiger partial charge in [0.2, 0.25) is 0 Å². The van der Waals surface area contributed by atoms with Crippen molar-refractivity contribution in [2.75, 3.05) is 5.75 Å². The quantitative estimate of drug-likeness (QED) is 0.754. The van der Waals surface area contributed by atoms with Crippen LogP contribution in [0.5, 0.6) is 0 Å². The Hall–Kier alpha value is -1.24. The van der Waals surface area contributed by atoms with Crippen LogP contribution in [-0.2, 0) is 4.79 Å². The van der Waals surface area contributed by atoms with Gasteiger partial charge in [-0.2, -0.15) is 0 Å². The van der Waals surface area contributed by atoms with E-state index in [1.165, 1.54) is 16.3 Å². The lowest BCUT2D eigenvalue weighted by molar-refractivity contribution is -0.140. The van der Waals surface area contributed by atoms with Crippen molar-refractivity contribution in [2.24, 2.45) is 5.92 Å². The van der Waals surface area contributed by atoms with Crippen molar-refractivity contribution in [1.82, 2.24) is 14.8 Å². The first-order valence-electron chi connectivity index (χ1n) is 4.96. The van der Waals surface area contributed by atoms with Crippen LogP contribution >= 0.6 is 11.8 Å². The number of carboxylic acid groups (broad SMARTS) is 1. The molecule has 0 saturated heterocycles. The molecule has 6 nitrogen and oxygen atoms in total. The molecule has 2 N–H and O–H groups in total. The van der Waals surface area contributed by atoms with E-state index < -0.39 is 11.9 Å². The largest absolute Gasteiger partial charge is 0.481 e. The Morgan fingerprint density at radius 1 is 1.56 bits per heavy atom. The molecule has 7 heteroatoms. The van der Waals surface area contributed by atoms with Crippen molar-refractivity contribution < 1.29 is 9.90 Å². The third kappa shape index (κ3) is 2.88. The van der Waals surface area contributed by atoms with Crippen LogP contribution in [0.4, 0.5) is 0 Å². The van der Waals surface area contributed by atoms with Crippen LogP contribution in [0.15, 0.2) is 9.95 Å². The minimum Gasteiger partial charge on any atom is -0.481 e. The van der Waals surface area contributed by atoms with Crippen molar-refractivity contribution in [2.45, 2.75) is 32.0 Å². The molecule has 0 aliphatic carbocycles. The Morgan fingerprint density at radius 2 is 2.19 bits per heavy atom. The van der Waals surface area contributed by atoms with E-state index in [0.29, 0.717) is 10.9 Å². The van der Waals surface area contributed by atoms with E-state index in [-0.39, 0.29) is 11.7 Å². The second-order valence-corrected chi connectivity index (χ2v) is 4.81. The highest BCUT2D eigenvalue weighted by atomic mass is 32.2. The second-order valence-electron chi connectivity index (χ2n) is 3.83. The van der Waals surface area contributed by atoms with E-state index in [9.17, 15) is 9.59 Å². The topological polar surface area (TPSA) is 88.0 Å². The van der Waals surface area contributed by atoms with Gasteiger partial charge in [0.25, 0.3) is 0 Å². The predicted octanol–water partition coefficient (Wildman–Crippen LogP) is 0.965. The van der Waals surface area contributed by atoms with Crippen molar-refractivity contribution in [3.8, 4) is 0 Å². The summed E-state index contributed by atoms with van der Waals surface area (Å²) >= 11 is 1.27. The number of H-pyrrole nitrogens is 1. The van der Waals surface area contributed by atoms with E-state index in [2.05, 4.69) is 10.2 Å². The van der Waals surface area contributed by atoms with Crippen LogP contribution < -0.4 is 5.69 Å². The van der Waals surface area contributed by atoms with Gasteiger partial charge in [-0.1, -0.05) is 18.7 Å². The molecule has 0 bridgehead atoms. The number of hydrogen-bond donors (Lipinski definition) is 2. The minimum absolute atomic E-state index is 0.00823. The molecular formula is C9H15N3O3S. The van der Waals surface area contributed by atoms with Crippen LogP contribution in [0.3, 0.4) is 0 Å². The van der Waals surface area contributed by atoms with Gasteiger partial charge in [-0.25, -0.2) is 9.89 Å². The van der Waals surface area contributed by atoms with Gasteiger partial charge in [-0.3, -0.25) is 9.36 Å². The summed E-state index contributed by atoms with van der Waals surface area (Å²) < 4.78 is 1.51. The molecule has 0 aliphatic heterocycles.